The Kier molecular flexibility index (Phi) is 5.62. The number of benzene rings is 1. The van der Waals surface area contributed by atoms with Gasteiger partial charge < -0.3 is 15.0 Å². The number of aromatic nitrogens is 1. The first-order valence-electron chi connectivity index (χ1n) is 8.81. The fourth-order valence-corrected chi connectivity index (χ4v) is 2.93. The van der Waals surface area contributed by atoms with Gasteiger partial charge in [0, 0.05) is 12.2 Å². The molecule has 2 heterocycles. The van der Waals surface area contributed by atoms with Gasteiger partial charge in [0.25, 0.3) is 5.91 Å². The number of alkyl halides is 3. The normalized spacial score (nSPS) is 14.7. The predicted molar refractivity (Wildman–Crippen MR) is 99.4 cm³/mol. The van der Waals surface area contributed by atoms with Crippen molar-refractivity contribution < 1.29 is 27.5 Å². The molecule has 1 N–H and O–H groups in total. The molecule has 1 aromatic carbocycles. The van der Waals surface area contributed by atoms with E-state index in [1.807, 2.05) is 13.8 Å². The first-order valence-corrected chi connectivity index (χ1v) is 8.81. The van der Waals surface area contributed by atoms with Crippen molar-refractivity contribution in [2.75, 3.05) is 16.8 Å². The second-order valence-electron chi connectivity index (χ2n) is 6.74. The number of urea groups is 1. The van der Waals surface area contributed by atoms with Crippen LogP contribution in [0.25, 0.3) is 0 Å². The molecule has 0 radical (unpaired) electrons. The van der Waals surface area contributed by atoms with Crippen molar-refractivity contribution in [1.29, 1.82) is 0 Å². The summed E-state index contributed by atoms with van der Waals surface area (Å²) >= 11 is 0. The largest absolute Gasteiger partial charge is 0.573 e. The number of imide groups is 1. The topological polar surface area (TPSA) is 74.8 Å². The number of hydrogen-bond donors (Lipinski definition) is 1. The monoisotopic (exact) mass is 408 g/mol. The minimum atomic E-state index is -4.82. The third-order valence-corrected chi connectivity index (χ3v) is 4.08. The van der Waals surface area contributed by atoms with E-state index in [2.05, 4.69) is 15.0 Å². The first-order chi connectivity index (χ1) is 13.6. The molecule has 0 unspecified atom stereocenters. The van der Waals surface area contributed by atoms with Crippen LogP contribution in [0.4, 0.5) is 29.3 Å². The van der Waals surface area contributed by atoms with Crippen LogP contribution in [-0.2, 0) is 11.3 Å². The zero-order valence-electron chi connectivity index (χ0n) is 15.7. The number of carbonyl (C=O) groups excluding carboxylic acids is 2. The third-order valence-electron chi connectivity index (χ3n) is 4.08. The summed E-state index contributed by atoms with van der Waals surface area (Å²) in [5.74, 6) is -0.898. The van der Waals surface area contributed by atoms with E-state index >= 15 is 0 Å². The van der Waals surface area contributed by atoms with Gasteiger partial charge in [-0.15, -0.1) is 13.2 Å². The summed E-state index contributed by atoms with van der Waals surface area (Å²) in [6.45, 7) is 3.99. The highest BCUT2D eigenvalue weighted by Crippen LogP contribution is 2.28. The summed E-state index contributed by atoms with van der Waals surface area (Å²) in [6.07, 6.45) is -1.57. The standard InChI is InChI=1S/C19H19F3N4O3/c1-12(2)24-16-9-23-8-7-13(16)10-25-11-17(27)26(18(25)28)14-3-5-15(6-4-14)29-19(20,21)22/h3-9,12,24H,10-11H2,1-2H3. The van der Waals surface area contributed by atoms with Gasteiger partial charge in [-0.2, -0.15) is 0 Å². The summed E-state index contributed by atoms with van der Waals surface area (Å²) in [7, 11) is 0. The van der Waals surface area contributed by atoms with Crippen molar-refractivity contribution in [1.82, 2.24) is 9.88 Å². The number of carbonyl (C=O) groups is 2. The Morgan fingerprint density at radius 2 is 1.86 bits per heavy atom. The van der Waals surface area contributed by atoms with E-state index in [1.54, 1.807) is 18.5 Å². The van der Waals surface area contributed by atoms with E-state index in [1.165, 1.54) is 17.0 Å². The van der Waals surface area contributed by atoms with E-state index in [9.17, 15) is 22.8 Å². The van der Waals surface area contributed by atoms with Crippen LogP contribution in [0.5, 0.6) is 5.75 Å². The number of nitrogens with zero attached hydrogens (tertiary/aromatic N) is 3. The maximum Gasteiger partial charge on any atom is 0.573 e. The van der Waals surface area contributed by atoms with Crippen molar-refractivity contribution in [3.63, 3.8) is 0 Å². The molecule has 29 heavy (non-hydrogen) atoms. The minimum absolute atomic E-state index is 0.136. The highest BCUT2D eigenvalue weighted by atomic mass is 19.4. The molecule has 154 valence electrons. The molecule has 3 rings (SSSR count). The van der Waals surface area contributed by atoms with E-state index in [-0.39, 0.29) is 24.8 Å². The molecule has 1 aromatic heterocycles. The zero-order chi connectivity index (χ0) is 21.2. The number of hydrogen-bond acceptors (Lipinski definition) is 5. The molecule has 10 heteroatoms. The smallest absolute Gasteiger partial charge is 0.406 e. The van der Waals surface area contributed by atoms with Gasteiger partial charge in [0.15, 0.2) is 0 Å². The van der Waals surface area contributed by atoms with Gasteiger partial charge in [-0.3, -0.25) is 9.78 Å². The number of ether oxygens (including phenoxy) is 1. The Morgan fingerprint density at radius 3 is 2.48 bits per heavy atom. The van der Waals surface area contributed by atoms with Crippen molar-refractivity contribution in [3.05, 3.63) is 48.3 Å². The molecule has 1 saturated heterocycles. The van der Waals surface area contributed by atoms with Crippen LogP contribution >= 0.6 is 0 Å². The lowest BCUT2D eigenvalue weighted by Gasteiger charge is -2.20. The lowest BCUT2D eigenvalue weighted by Crippen LogP contribution is -2.33. The quantitative estimate of drug-likeness (QED) is 0.737. The molecule has 0 saturated carbocycles. The summed E-state index contributed by atoms with van der Waals surface area (Å²) in [5.41, 5.74) is 1.73. The van der Waals surface area contributed by atoms with Gasteiger partial charge in [-0.25, -0.2) is 9.69 Å². The second kappa shape index (κ2) is 7.98. The van der Waals surface area contributed by atoms with Crippen molar-refractivity contribution >= 4 is 23.3 Å². The number of anilines is 2. The molecular formula is C19H19F3N4O3. The second-order valence-corrected chi connectivity index (χ2v) is 6.74. The number of pyridine rings is 1. The van der Waals surface area contributed by atoms with Gasteiger partial charge >= 0.3 is 12.4 Å². The van der Waals surface area contributed by atoms with Crippen LogP contribution in [-0.4, -0.2) is 40.8 Å². The lowest BCUT2D eigenvalue weighted by molar-refractivity contribution is -0.274. The maximum absolute atomic E-state index is 12.8. The van der Waals surface area contributed by atoms with Gasteiger partial charge in [0.05, 0.1) is 24.1 Å². The summed E-state index contributed by atoms with van der Waals surface area (Å²) < 4.78 is 40.6. The molecule has 2 aromatic rings. The molecule has 1 aliphatic heterocycles. The predicted octanol–water partition coefficient (Wildman–Crippen LogP) is 3.77. The van der Waals surface area contributed by atoms with E-state index in [4.69, 9.17) is 0 Å². The third kappa shape index (κ3) is 4.95. The van der Waals surface area contributed by atoms with E-state index in [0.29, 0.717) is 0 Å². The van der Waals surface area contributed by atoms with Crippen LogP contribution in [0, 0.1) is 0 Å². The molecule has 0 aliphatic carbocycles. The van der Waals surface area contributed by atoms with Gasteiger partial charge in [0.2, 0.25) is 0 Å². The Bertz CT molecular complexity index is 900. The number of rotatable bonds is 6. The summed E-state index contributed by atoms with van der Waals surface area (Å²) in [6, 6.07) is 5.94. The van der Waals surface area contributed by atoms with E-state index < -0.39 is 24.1 Å². The fraction of sp³-hybridized carbons (Fsp3) is 0.316. The molecule has 0 bridgehead atoms. The first kappa shape index (κ1) is 20.4. The number of nitrogens with one attached hydrogen (secondary N) is 1. The van der Waals surface area contributed by atoms with Crippen LogP contribution in [0.15, 0.2) is 42.7 Å². The highest BCUT2D eigenvalue weighted by Gasteiger charge is 2.37. The van der Waals surface area contributed by atoms with Crippen molar-refractivity contribution in [2.45, 2.75) is 32.8 Å². The van der Waals surface area contributed by atoms with Crippen molar-refractivity contribution in [3.8, 4) is 5.75 Å². The number of halogens is 3. The fourth-order valence-electron chi connectivity index (χ4n) is 2.93. The van der Waals surface area contributed by atoms with Crippen LogP contribution in [0.1, 0.15) is 19.4 Å². The molecule has 0 atom stereocenters. The average Bonchev–Trinajstić information content (AvgIpc) is 2.89. The maximum atomic E-state index is 12.8. The molecule has 7 nitrogen and oxygen atoms in total. The Morgan fingerprint density at radius 1 is 1.17 bits per heavy atom. The molecule has 1 aliphatic rings. The lowest BCUT2D eigenvalue weighted by atomic mass is 10.2. The average molecular weight is 408 g/mol. The Labute approximate surface area is 165 Å². The molecular weight excluding hydrogens is 389 g/mol. The molecule has 3 amide bonds. The number of amides is 3. The highest BCUT2D eigenvalue weighted by molar-refractivity contribution is 6.19. The minimum Gasteiger partial charge on any atom is -0.406 e. The zero-order valence-corrected chi connectivity index (χ0v) is 15.7. The van der Waals surface area contributed by atoms with Crippen LogP contribution < -0.4 is 15.0 Å². The Hall–Kier alpha value is -3.30. The van der Waals surface area contributed by atoms with Gasteiger partial charge in [0.1, 0.15) is 12.3 Å². The van der Waals surface area contributed by atoms with Gasteiger partial charge in [-0.1, -0.05) is 0 Å². The van der Waals surface area contributed by atoms with Crippen molar-refractivity contribution in [2.24, 2.45) is 0 Å². The summed E-state index contributed by atoms with van der Waals surface area (Å²) in [5, 5.41) is 3.24. The van der Waals surface area contributed by atoms with E-state index in [0.717, 1.165) is 28.3 Å². The van der Waals surface area contributed by atoms with Crippen LogP contribution in [0.3, 0.4) is 0 Å². The van der Waals surface area contributed by atoms with Crippen LogP contribution in [0.2, 0.25) is 0 Å². The molecule has 0 spiro atoms. The SMILES string of the molecule is CC(C)Nc1cnccc1CN1CC(=O)N(c2ccc(OC(F)(F)F)cc2)C1=O. The molecule has 1 fully saturated rings. The van der Waals surface area contributed by atoms with Gasteiger partial charge in [-0.05, 0) is 49.7 Å². The summed E-state index contributed by atoms with van der Waals surface area (Å²) in [4.78, 5) is 31.5. The Balaban J connectivity index is 1.75.